The quantitative estimate of drug-likeness (QED) is 0.0267. The van der Waals surface area contributed by atoms with Crippen molar-refractivity contribution in [3.63, 3.8) is 0 Å². The molecule has 1 saturated heterocycles. The Morgan fingerprint density at radius 1 is 0.485 bits per heavy atom. The van der Waals surface area contributed by atoms with Crippen molar-refractivity contribution in [2.45, 2.75) is 282 Å². The lowest BCUT2D eigenvalue weighted by Crippen LogP contribution is -2.59. The zero-order chi connectivity index (χ0) is 49.2. The molecule has 1 aliphatic heterocycles. The minimum Gasteiger partial charge on any atom is -0.457 e. The molecule has 9 heteroatoms. The second kappa shape index (κ2) is 49.9. The Morgan fingerprint density at radius 2 is 0.897 bits per heavy atom. The molecule has 0 aromatic heterocycles. The molecular weight excluding hydrogens is 853 g/mol. The van der Waals surface area contributed by atoms with Crippen molar-refractivity contribution in [2.75, 3.05) is 26.4 Å². The molecule has 9 nitrogen and oxygen atoms in total. The molecule has 0 radical (unpaired) electrons. The van der Waals surface area contributed by atoms with Gasteiger partial charge in [0.25, 0.3) is 0 Å². The van der Waals surface area contributed by atoms with Gasteiger partial charge in [0, 0.05) is 13.0 Å². The van der Waals surface area contributed by atoms with Crippen LogP contribution in [0.4, 0.5) is 0 Å². The second-order valence-corrected chi connectivity index (χ2v) is 19.4. The Labute approximate surface area is 417 Å². The molecule has 1 heterocycles. The molecule has 6 unspecified atom stereocenters. The molecule has 0 aromatic rings. The van der Waals surface area contributed by atoms with Gasteiger partial charge in [0.15, 0.2) is 6.29 Å². The Bertz CT molecular complexity index is 1230. The van der Waals surface area contributed by atoms with Crippen molar-refractivity contribution in [2.24, 2.45) is 0 Å². The number of unbranched alkanes of at least 4 members (excludes halogenated alkanes) is 28. The molecule has 0 aliphatic carbocycles. The average molecular weight is 959 g/mol. The van der Waals surface area contributed by atoms with Crippen LogP contribution in [0.15, 0.2) is 60.8 Å². The first-order chi connectivity index (χ1) is 33.4. The van der Waals surface area contributed by atoms with Gasteiger partial charge in [-0.1, -0.05) is 242 Å². The van der Waals surface area contributed by atoms with E-state index in [0.717, 1.165) is 64.2 Å². The van der Waals surface area contributed by atoms with Gasteiger partial charge in [-0.15, -0.1) is 0 Å². The molecular formula is C59H106O9. The number of carbonyl (C=O) groups is 1. The maximum absolute atomic E-state index is 12.8. The van der Waals surface area contributed by atoms with Gasteiger partial charge in [-0.25, -0.2) is 0 Å². The number of carbonyl (C=O) groups excluding carboxylic acids is 1. The summed E-state index contributed by atoms with van der Waals surface area (Å²) in [6.07, 6.45) is 58.5. The second-order valence-electron chi connectivity index (χ2n) is 19.4. The van der Waals surface area contributed by atoms with E-state index in [1.807, 2.05) is 0 Å². The summed E-state index contributed by atoms with van der Waals surface area (Å²) in [5.41, 5.74) is 0. The fraction of sp³-hybridized carbons (Fsp3) is 0.814. The molecule has 0 aromatic carbocycles. The molecule has 396 valence electrons. The number of rotatable bonds is 49. The van der Waals surface area contributed by atoms with Crippen LogP contribution >= 0.6 is 0 Å². The molecule has 0 saturated carbocycles. The number of hydrogen-bond donors (Lipinski definition) is 4. The van der Waals surface area contributed by atoms with Gasteiger partial charge in [-0.2, -0.15) is 0 Å². The molecule has 0 amide bonds. The lowest BCUT2D eigenvalue weighted by molar-refractivity contribution is -0.305. The van der Waals surface area contributed by atoms with Crippen LogP contribution in [0.2, 0.25) is 0 Å². The molecule has 4 N–H and O–H groups in total. The van der Waals surface area contributed by atoms with Crippen LogP contribution in [0.3, 0.4) is 0 Å². The predicted molar refractivity (Wildman–Crippen MR) is 284 cm³/mol. The molecule has 68 heavy (non-hydrogen) atoms. The monoisotopic (exact) mass is 959 g/mol. The molecule has 1 fully saturated rings. The van der Waals surface area contributed by atoms with Crippen molar-refractivity contribution in [1.29, 1.82) is 0 Å². The van der Waals surface area contributed by atoms with Crippen LogP contribution in [0.1, 0.15) is 245 Å². The molecule has 1 aliphatic rings. The van der Waals surface area contributed by atoms with E-state index in [4.69, 9.17) is 18.9 Å². The van der Waals surface area contributed by atoms with Crippen molar-refractivity contribution >= 4 is 5.97 Å². The van der Waals surface area contributed by atoms with Crippen molar-refractivity contribution < 1.29 is 44.2 Å². The number of hydrogen-bond acceptors (Lipinski definition) is 9. The summed E-state index contributed by atoms with van der Waals surface area (Å²) in [6.45, 7) is 4.44. The van der Waals surface area contributed by atoms with Crippen LogP contribution in [0.5, 0.6) is 0 Å². The lowest BCUT2D eigenvalue weighted by atomic mass is 9.99. The van der Waals surface area contributed by atoms with Gasteiger partial charge >= 0.3 is 5.97 Å². The summed E-state index contributed by atoms with van der Waals surface area (Å²) in [4.78, 5) is 12.8. The Balaban J connectivity index is 2.16. The predicted octanol–water partition coefficient (Wildman–Crippen LogP) is 14.6. The van der Waals surface area contributed by atoms with E-state index in [1.165, 1.54) is 154 Å². The maximum Gasteiger partial charge on any atom is 0.306 e. The fourth-order valence-electron chi connectivity index (χ4n) is 8.58. The molecule has 0 spiro atoms. The van der Waals surface area contributed by atoms with E-state index in [0.29, 0.717) is 13.0 Å². The smallest absolute Gasteiger partial charge is 0.306 e. The topological polar surface area (TPSA) is 135 Å². The lowest BCUT2D eigenvalue weighted by Gasteiger charge is -2.39. The highest BCUT2D eigenvalue weighted by Crippen LogP contribution is 2.23. The maximum atomic E-state index is 12.8. The largest absolute Gasteiger partial charge is 0.457 e. The molecule has 1 rings (SSSR count). The van der Waals surface area contributed by atoms with E-state index in [9.17, 15) is 25.2 Å². The van der Waals surface area contributed by atoms with E-state index >= 15 is 0 Å². The molecule has 0 bridgehead atoms. The normalized spacial score (nSPS) is 19.5. The standard InChI is InChI=1S/C59H106O9/c1-3-5-7-9-11-13-15-17-19-21-23-24-25-26-27-28-29-31-33-35-37-39-41-43-45-47-49-65-51-53(52-66-59-58(64)57(63)56(62)54(50-60)68-59)67-55(61)48-46-44-42-40-38-36-34-32-30-22-20-18-16-14-12-10-8-6-4-2/h6,8,12,14,18,20,30,32,36,38,53-54,56-60,62-64H,3-5,7,9-11,13,15-17,19,21-29,31,33-35,37,39-52H2,1-2H3/b8-6-,14-12-,20-18-,32-30-,38-36-. The SMILES string of the molecule is CC/C=C\C/C=C\C/C=C\C/C=C\C/C=C\CCCCCC(=O)OC(COCCCCCCCCCCCCCCCCCCCCCCCCCCCC)COC1OC(CO)C(O)C(O)C1O. The summed E-state index contributed by atoms with van der Waals surface area (Å²) in [7, 11) is 0. The highest BCUT2D eigenvalue weighted by atomic mass is 16.7. The average Bonchev–Trinajstić information content (AvgIpc) is 3.34. The van der Waals surface area contributed by atoms with Crippen molar-refractivity contribution in [3.8, 4) is 0 Å². The van der Waals surface area contributed by atoms with Crippen LogP contribution in [-0.2, 0) is 23.7 Å². The van der Waals surface area contributed by atoms with Crippen molar-refractivity contribution in [3.05, 3.63) is 60.8 Å². The minimum absolute atomic E-state index is 0.127. The zero-order valence-electron chi connectivity index (χ0n) is 43.9. The number of allylic oxidation sites excluding steroid dienone is 10. The first-order valence-electron chi connectivity index (χ1n) is 28.4. The van der Waals surface area contributed by atoms with E-state index in [2.05, 4.69) is 74.6 Å². The van der Waals surface area contributed by atoms with Gasteiger partial charge in [0.1, 0.15) is 30.5 Å². The van der Waals surface area contributed by atoms with Crippen LogP contribution < -0.4 is 0 Å². The number of ether oxygens (including phenoxy) is 4. The van der Waals surface area contributed by atoms with Gasteiger partial charge in [-0.05, 0) is 57.8 Å². The summed E-state index contributed by atoms with van der Waals surface area (Å²) in [5.74, 6) is -0.342. The van der Waals surface area contributed by atoms with Crippen LogP contribution in [0.25, 0.3) is 0 Å². The summed E-state index contributed by atoms with van der Waals surface area (Å²) in [6, 6.07) is 0. The van der Waals surface area contributed by atoms with Crippen LogP contribution in [-0.4, -0.2) is 89.6 Å². The third kappa shape index (κ3) is 39.6. The number of aliphatic hydroxyl groups excluding tert-OH is 4. The third-order valence-electron chi connectivity index (χ3n) is 12.9. The van der Waals surface area contributed by atoms with E-state index < -0.39 is 43.4 Å². The van der Waals surface area contributed by atoms with Crippen molar-refractivity contribution in [1.82, 2.24) is 0 Å². The minimum atomic E-state index is -1.55. The van der Waals surface area contributed by atoms with Crippen LogP contribution in [0, 0.1) is 0 Å². The molecule has 6 atom stereocenters. The summed E-state index contributed by atoms with van der Waals surface area (Å²) >= 11 is 0. The zero-order valence-corrected chi connectivity index (χ0v) is 43.9. The van der Waals surface area contributed by atoms with E-state index in [1.54, 1.807) is 0 Å². The van der Waals surface area contributed by atoms with E-state index in [-0.39, 0.29) is 25.6 Å². The highest BCUT2D eigenvalue weighted by Gasteiger charge is 2.44. The highest BCUT2D eigenvalue weighted by molar-refractivity contribution is 5.69. The fourth-order valence-corrected chi connectivity index (χ4v) is 8.58. The third-order valence-corrected chi connectivity index (χ3v) is 12.9. The number of esters is 1. The number of aliphatic hydroxyl groups is 4. The Hall–Kier alpha value is -2.11. The van der Waals surface area contributed by atoms with Gasteiger partial charge in [-0.3, -0.25) is 4.79 Å². The summed E-state index contributed by atoms with van der Waals surface area (Å²) < 4.78 is 22.9. The van der Waals surface area contributed by atoms with Gasteiger partial charge < -0.3 is 39.4 Å². The first-order valence-corrected chi connectivity index (χ1v) is 28.4. The van der Waals surface area contributed by atoms with Gasteiger partial charge in [0.05, 0.1) is 19.8 Å². The van der Waals surface area contributed by atoms with Gasteiger partial charge in [0.2, 0.25) is 0 Å². The summed E-state index contributed by atoms with van der Waals surface area (Å²) in [5, 5.41) is 40.3. The Kier molecular flexibility index (Phi) is 46.9. The Morgan fingerprint density at radius 3 is 1.34 bits per heavy atom. The first kappa shape index (κ1) is 63.9.